The average molecular weight is 337 g/mol. The van der Waals surface area contributed by atoms with Crippen molar-refractivity contribution >= 4 is 17.4 Å². The molecule has 1 saturated heterocycles. The highest BCUT2D eigenvalue weighted by atomic mass is 16.5. The van der Waals surface area contributed by atoms with Crippen molar-refractivity contribution in [2.24, 2.45) is 0 Å². The van der Waals surface area contributed by atoms with Gasteiger partial charge in [-0.2, -0.15) is 5.10 Å². The van der Waals surface area contributed by atoms with E-state index in [1.54, 1.807) is 4.52 Å². The third kappa shape index (κ3) is 3.10. The molecule has 25 heavy (non-hydrogen) atoms. The average Bonchev–Trinajstić information content (AvgIpc) is 3.26. The summed E-state index contributed by atoms with van der Waals surface area (Å²) >= 11 is 0. The van der Waals surface area contributed by atoms with Crippen LogP contribution in [-0.4, -0.2) is 38.2 Å². The van der Waals surface area contributed by atoms with Gasteiger partial charge in [0.25, 0.3) is 11.7 Å². The predicted molar refractivity (Wildman–Crippen MR) is 93.3 cm³/mol. The van der Waals surface area contributed by atoms with Crippen molar-refractivity contribution in [3.8, 4) is 11.3 Å². The Morgan fingerprint density at radius 1 is 1.20 bits per heavy atom. The van der Waals surface area contributed by atoms with Crippen molar-refractivity contribution in [3.63, 3.8) is 0 Å². The second kappa shape index (κ2) is 6.25. The van der Waals surface area contributed by atoms with Crippen LogP contribution in [0, 0.1) is 13.8 Å². The summed E-state index contributed by atoms with van der Waals surface area (Å²) in [7, 11) is 0. The number of imidazole rings is 1. The van der Waals surface area contributed by atoms with Gasteiger partial charge in [-0.15, -0.1) is 0 Å². The smallest absolute Gasteiger partial charge is 0.253 e. The minimum atomic E-state index is -0.332. The third-order valence-electron chi connectivity index (χ3n) is 4.39. The molecule has 1 amide bonds. The van der Waals surface area contributed by atoms with Gasteiger partial charge in [0, 0.05) is 17.9 Å². The highest BCUT2D eigenvalue weighted by Crippen LogP contribution is 2.22. The fourth-order valence-corrected chi connectivity index (χ4v) is 2.85. The lowest BCUT2D eigenvalue weighted by molar-refractivity contribution is -0.124. The summed E-state index contributed by atoms with van der Waals surface area (Å²) in [6.45, 7) is 4.50. The highest BCUT2D eigenvalue weighted by molar-refractivity contribution is 5.94. The predicted octanol–water partition coefficient (Wildman–Crippen LogP) is 2.53. The summed E-state index contributed by atoms with van der Waals surface area (Å²) < 4.78 is 7.08. The van der Waals surface area contributed by atoms with Crippen LogP contribution >= 0.6 is 0 Å². The molecule has 1 aromatic carbocycles. The van der Waals surface area contributed by atoms with E-state index >= 15 is 0 Å². The van der Waals surface area contributed by atoms with Crippen LogP contribution in [0.1, 0.15) is 24.2 Å². The van der Waals surface area contributed by atoms with E-state index < -0.39 is 0 Å². The summed E-state index contributed by atoms with van der Waals surface area (Å²) in [6.07, 6.45) is 3.24. The van der Waals surface area contributed by atoms with E-state index in [9.17, 15) is 4.79 Å². The Morgan fingerprint density at radius 2 is 2.00 bits per heavy atom. The number of nitrogens with zero attached hydrogens (tertiary/aromatic N) is 4. The number of hydrogen-bond acceptors (Lipinski definition) is 5. The minimum Gasteiger partial charge on any atom is -0.368 e. The first-order chi connectivity index (χ1) is 12.1. The van der Waals surface area contributed by atoms with Gasteiger partial charge in [-0.25, -0.2) is 14.5 Å². The van der Waals surface area contributed by atoms with Gasteiger partial charge in [0.1, 0.15) is 6.10 Å². The fourth-order valence-electron chi connectivity index (χ4n) is 2.85. The van der Waals surface area contributed by atoms with E-state index in [-0.39, 0.29) is 12.0 Å². The molecule has 0 radical (unpaired) electrons. The first kappa shape index (κ1) is 15.7. The molecule has 7 heteroatoms. The number of rotatable bonds is 3. The second-order valence-electron chi connectivity index (χ2n) is 6.22. The molecule has 1 fully saturated rings. The van der Waals surface area contributed by atoms with Crippen molar-refractivity contribution in [2.45, 2.75) is 32.8 Å². The molecule has 2 aromatic heterocycles. The summed E-state index contributed by atoms with van der Waals surface area (Å²) in [5, 5.41) is 7.33. The number of carbonyl (C=O) groups is 1. The van der Waals surface area contributed by atoms with Crippen LogP contribution < -0.4 is 5.32 Å². The number of benzene rings is 1. The van der Waals surface area contributed by atoms with Crippen LogP contribution in [0.2, 0.25) is 0 Å². The number of carbonyl (C=O) groups excluding carboxylic acids is 1. The van der Waals surface area contributed by atoms with Gasteiger partial charge in [0.2, 0.25) is 0 Å². The van der Waals surface area contributed by atoms with Crippen LogP contribution in [0.15, 0.2) is 30.5 Å². The van der Waals surface area contributed by atoms with Crippen LogP contribution in [0.3, 0.4) is 0 Å². The molecule has 0 saturated carbocycles. The zero-order valence-corrected chi connectivity index (χ0v) is 14.2. The lowest BCUT2D eigenvalue weighted by Gasteiger charge is -2.10. The number of amides is 1. The van der Waals surface area contributed by atoms with Crippen molar-refractivity contribution in [2.75, 3.05) is 11.9 Å². The van der Waals surface area contributed by atoms with E-state index in [0.717, 1.165) is 41.2 Å². The molecule has 7 nitrogen and oxygen atoms in total. The van der Waals surface area contributed by atoms with Crippen molar-refractivity contribution in [3.05, 3.63) is 41.9 Å². The van der Waals surface area contributed by atoms with Gasteiger partial charge in [-0.3, -0.25) is 4.79 Å². The highest BCUT2D eigenvalue weighted by Gasteiger charge is 2.23. The fraction of sp³-hybridized carbons (Fsp3) is 0.333. The van der Waals surface area contributed by atoms with Gasteiger partial charge < -0.3 is 10.1 Å². The van der Waals surface area contributed by atoms with Crippen LogP contribution in [0.25, 0.3) is 17.0 Å². The van der Waals surface area contributed by atoms with E-state index in [2.05, 4.69) is 20.4 Å². The maximum Gasteiger partial charge on any atom is 0.253 e. The Hall–Kier alpha value is -2.80. The van der Waals surface area contributed by atoms with E-state index in [0.29, 0.717) is 12.4 Å². The summed E-state index contributed by atoms with van der Waals surface area (Å²) in [6, 6.07) is 7.58. The molecule has 1 atom stereocenters. The number of hydrogen-bond donors (Lipinski definition) is 1. The molecule has 1 aliphatic rings. The Morgan fingerprint density at radius 3 is 2.72 bits per heavy atom. The number of fused-ring (bicyclic) bond motifs is 1. The van der Waals surface area contributed by atoms with Crippen LogP contribution in [-0.2, 0) is 9.53 Å². The van der Waals surface area contributed by atoms with Gasteiger partial charge in [-0.1, -0.05) is 12.1 Å². The molecule has 1 N–H and O–H groups in total. The Labute approximate surface area is 145 Å². The van der Waals surface area contributed by atoms with Crippen molar-refractivity contribution in [1.29, 1.82) is 0 Å². The lowest BCUT2D eigenvalue weighted by Crippen LogP contribution is -2.26. The van der Waals surface area contributed by atoms with Gasteiger partial charge >= 0.3 is 0 Å². The number of anilines is 1. The second-order valence-corrected chi connectivity index (χ2v) is 6.22. The molecule has 0 spiro atoms. The van der Waals surface area contributed by atoms with Gasteiger partial charge in [0.15, 0.2) is 0 Å². The lowest BCUT2D eigenvalue weighted by atomic mass is 10.1. The van der Waals surface area contributed by atoms with Gasteiger partial charge in [-0.05, 0) is 38.8 Å². The zero-order valence-electron chi connectivity index (χ0n) is 14.2. The molecule has 128 valence electrons. The minimum absolute atomic E-state index is 0.0858. The summed E-state index contributed by atoms with van der Waals surface area (Å²) in [5.41, 5.74) is 4.23. The van der Waals surface area contributed by atoms with E-state index in [1.807, 2.05) is 44.3 Å². The first-order valence-electron chi connectivity index (χ1n) is 8.34. The molecule has 1 aliphatic heterocycles. The maximum atomic E-state index is 12.1. The number of aryl methyl sites for hydroxylation is 2. The number of nitrogens with one attached hydrogen (secondary N) is 1. The summed E-state index contributed by atoms with van der Waals surface area (Å²) in [4.78, 5) is 21.0. The zero-order chi connectivity index (χ0) is 17.4. The molecule has 0 bridgehead atoms. The Bertz CT molecular complexity index is 888. The Kier molecular flexibility index (Phi) is 3.93. The third-order valence-corrected chi connectivity index (χ3v) is 4.39. The Balaban J connectivity index is 1.54. The van der Waals surface area contributed by atoms with Crippen molar-refractivity contribution in [1.82, 2.24) is 19.6 Å². The molecule has 3 aromatic rings. The molecular weight excluding hydrogens is 318 g/mol. The summed E-state index contributed by atoms with van der Waals surface area (Å²) in [5.74, 6) is 0.492. The largest absolute Gasteiger partial charge is 0.368 e. The van der Waals surface area contributed by atoms with Gasteiger partial charge in [0.05, 0.1) is 23.3 Å². The van der Waals surface area contributed by atoms with Crippen molar-refractivity contribution < 1.29 is 9.53 Å². The van der Waals surface area contributed by atoms with E-state index in [1.165, 1.54) is 0 Å². The quantitative estimate of drug-likeness (QED) is 0.794. The van der Waals surface area contributed by atoms with Crippen LogP contribution in [0.4, 0.5) is 5.69 Å². The molecule has 0 unspecified atom stereocenters. The molecule has 0 aliphatic carbocycles. The molecular formula is C18H19N5O2. The standard InChI is InChI=1S/C18H19N5O2/c1-11-12(2)22-23-10-15(21-18(23)19-11)13-5-7-14(8-6-13)20-17(24)16-4-3-9-25-16/h5-8,10,16H,3-4,9H2,1-2H3,(H,20,24)/t16-/m0/s1. The number of aromatic nitrogens is 4. The number of ether oxygens (including phenoxy) is 1. The normalized spacial score (nSPS) is 17.1. The molecule has 3 heterocycles. The molecule has 4 rings (SSSR count). The SMILES string of the molecule is Cc1nc2nc(-c3ccc(NC(=O)[C@@H]4CCCO4)cc3)cn2nc1C. The monoisotopic (exact) mass is 337 g/mol. The first-order valence-corrected chi connectivity index (χ1v) is 8.34. The van der Waals surface area contributed by atoms with E-state index in [4.69, 9.17) is 4.74 Å². The topological polar surface area (TPSA) is 81.4 Å². The maximum absolute atomic E-state index is 12.1. The van der Waals surface area contributed by atoms with Crippen LogP contribution in [0.5, 0.6) is 0 Å².